The van der Waals surface area contributed by atoms with E-state index in [4.69, 9.17) is 18.9 Å². The maximum atomic E-state index is 12.7. The fourth-order valence-corrected chi connectivity index (χ4v) is 7.65. The van der Waals surface area contributed by atoms with Gasteiger partial charge in [-0.3, -0.25) is 9.59 Å². The van der Waals surface area contributed by atoms with Crippen LogP contribution in [0.4, 0.5) is 0 Å². The first kappa shape index (κ1) is 54.2. The molecule has 0 amide bonds. The predicted octanol–water partition coefficient (Wildman–Crippen LogP) is 10.7. The van der Waals surface area contributed by atoms with Crippen molar-refractivity contribution >= 4 is 17.9 Å². The number of aliphatic carboxylic acids is 1. The normalized spacial score (nSPS) is 19.9. The second-order valence-electron chi connectivity index (χ2n) is 17.0. The van der Waals surface area contributed by atoms with E-state index in [1.807, 2.05) is 0 Å². The zero-order valence-corrected chi connectivity index (χ0v) is 37.1. The molecule has 0 aromatic carbocycles. The number of hydrogen-bond acceptors (Lipinski definition) is 10. The van der Waals surface area contributed by atoms with Crippen molar-refractivity contribution in [2.75, 3.05) is 13.2 Å². The van der Waals surface area contributed by atoms with Gasteiger partial charge < -0.3 is 39.4 Å². The van der Waals surface area contributed by atoms with Crippen LogP contribution in [0, 0.1) is 0 Å². The molecule has 1 saturated heterocycles. The van der Waals surface area contributed by atoms with Crippen molar-refractivity contribution in [2.45, 2.75) is 269 Å². The number of hydrogen-bond donors (Lipinski definition) is 4. The summed E-state index contributed by atoms with van der Waals surface area (Å²) in [7, 11) is 0. The Morgan fingerprint density at radius 3 is 1.17 bits per heavy atom. The van der Waals surface area contributed by atoms with Gasteiger partial charge in [-0.1, -0.05) is 206 Å². The molecule has 1 rings (SSSR count). The maximum Gasteiger partial charge on any atom is 0.335 e. The highest BCUT2D eigenvalue weighted by molar-refractivity contribution is 5.73. The smallest absolute Gasteiger partial charge is 0.335 e. The molecular formula is C47H88O11. The zero-order valence-electron chi connectivity index (χ0n) is 37.1. The van der Waals surface area contributed by atoms with Crippen LogP contribution in [-0.2, 0) is 33.3 Å². The lowest BCUT2D eigenvalue weighted by molar-refractivity contribution is -0.298. The number of aliphatic hydroxyl groups is 3. The molecule has 11 heteroatoms. The number of carboxylic acid groups (broad SMARTS) is 1. The van der Waals surface area contributed by atoms with E-state index in [2.05, 4.69) is 13.8 Å². The summed E-state index contributed by atoms with van der Waals surface area (Å²) in [5.41, 5.74) is 0. The molecule has 1 aliphatic rings. The van der Waals surface area contributed by atoms with E-state index in [1.165, 1.54) is 154 Å². The van der Waals surface area contributed by atoms with E-state index in [0.29, 0.717) is 12.8 Å². The number of carbonyl (C=O) groups excluding carboxylic acids is 2. The van der Waals surface area contributed by atoms with Gasteiger partial charge in [0.15, 0.2) is 18.5 Å². The SMILES string of the molecule is CCCCCCCCCCCCCCCCCCCCCCCC(=O)OCC(COC1OC(C(=O)O)C(O)C(O)C1O)OC(=O)CCCCCCCCCCCCC. The molecule has 4 N–H and O–H groups in total. The molecule has 0 aromatic heterocycles. The van der Waals surface area contributed by atoms with Gasteiger partial charge in [0.1, 0.15) is 24.9 Å². The topological polar surface area (TPSA) is 169 Å². The molecule has 1 aliphatic heterocycles. The van der Waals surface area contributed by atoms with Crippen LogP contribution in [0.3, 0.4) is 0 Å². The van der Waals surface area contributed by atoms with Gasteiger partial charge in [-0.05, 0) is 12.8 Å². The predicted molar refractivity (Wildman–Crippen MR) is 229 cm³/mol. The van der Waals surface area contributed by atoms with E-state index in [9.17, 15) is 34.8 Å². The summed E-state index contributed by atoms with van der Waals surface area (Å²) in [6, 6.07) is 0. The first-order chi connectivity index (χ1) is 28.2. The van der Waals surface area contributed by atoms with Crippen molar-refractivity contribution in [1.29, 1.82) is 0 Å². The van der Waals surface area contributed by atoms with Crippen molar-refractivity contribution in [1.82, 2.24) is 0 Å². The van der Waals surface area contributed by atoms with Crippen LogP contribution in [0.2, 0.25) is 0 Å². The molecule has 6 atom stereocenters. The summed E-state index contributed by atoms with van der Waals surface area (Å²) < 4.78 is 21.8. The van der Waals surface area contributed by atoms with E-state index < -0.39 is 54.7 Å². The van der Waals surface area contributed by atoms with Gasteiger partial charge in [0.25, 0.3) is 0 Å². The lowest BCUT2D eigenvalue weighted by Crippen LogP contribution is -2.60. The summed E-state index contributed by atoms with van der Waals surface area (Å²) in [6.45, 7) is 3.83. The Kier molecular flexibility index (Phi) is 35.7. The highest BCUT2D eigenvalue weighted by atomic mass is 16.7. The molecule has 0 aromatic rings. The van der Waals surface area contributed by atoms with Crippen molar-refractivity contribution < 1.29 is 53.8 Å². The first-order valence-corrected chi connectivity index (χ1v) is 24.1. The van der Waals surface area contributed by atoms with E-state index >= 15 is 0 Å². The molecule has 6 unspecified atom stereocenters. The lowest BCUT2D eigenvalue weighted by Gasteiger charge is -2.38. The number of esters is 2. The van der Waals surface area contributed by atoms with Gasteiger partial charge in [-0.15, -0.1) is 0 Å². The molecule has 58 heavy (non-hydrogen) atoms. The molecule has 11 nitrogen and oxygen atoms in total. The van der Waals surface area contributed by atoms with Crippen molar-refractivity contribution in [3.63, 3.8) is 0 Å². The third kappa shape index (κ3) is 29.4. The monoisotopic (exact) mass is 829 g/mol. The highest BCUT2D eigenvalue weighted by Gasteiger charge is 2.47. The summed E-state index contributed by atoms with van der Waals surface area (Å²) in [4.78, 5) is 36.8. The Hall–Kier alpha value is -1.79. The van der Waals surface area contributed by atoms with Crippen LogP contribution in [0.1, 0.15) is 232 Å². The molecule has 0 saturated carbocycles. The molecule has 0 radical (unpaired) electrons. The average molecular weight is 829 g/mol. The van der Waals surface area contributed by atoms with Crippen LogP contribution < -0.4 is 0 Å². The summed E-state index contributed by atoms with van der Waals surface area (Å²) in [6.07, 6.45) is 30.2. The third-order valence-corrected chi connectivity index (χ3v) is 11.5. The largest absolute Gasteiger partial charge is 0.479 e. The van der Waals surface area contributed by atoms with Crippen molar-refractivity contribution in [3.8, 4) is 0 Å². The second-order valence-corrected chi connectivity index (χ2v) is 17.0. The Balaban J connectivity index is 2.26. The molecule has 0 bridgehead atoms. The fourth-order valence-electron chi connectivity index (χ4n) is 7.65. The molecule has 342 valence electrons. The van der Waals surface area contributed by atoms with E-state index in [0.717, 1.165) is 38.5 Å². The number of carboxylic acids is 1. The Bertz CT molecular complexity index is 978. The number of unbranched alkanes of at least 4 members (excludes halogenated alkanes) is 30. The van der Waals surface area contributed by atoms with Gasteiger partial charge in [-0.2, -0.15) is 0 Å². The molecule has 1 heterocycles. The first-order valence-electron chi connectivity index (χ1n) is 24.1. The summed E-state index contributed by atoms with van der Waals surface area (Å²) >= 11 is 0. The van der Waals surface area contributed by atoms with Crippen molar-refractivity contribution in [2.24, 2.45) is 0 Å². The fraction of sp³-hybridized carbons (Fsp3) is 0.936. The average Bonchev–Trinajstić information content (AvgIpc) is 3.21. The van der Waals surface area contributed by atoms with Crippen LogP contribution >= 0.6 is 0 Å². The Morgan fingerprint density at radius 1 is 0.466 bits per heavy atom. The van der Waals surface area contributed by atoms with Crippen molar-refractivity contribution in [3.05, 3.63) is 0 Å². The highest BCUT2D eigenvalue weighted by Crippen LogP contribution is 2.23. The summed E-state index contributed by atoms with van der Waals surface area (Å²) in [5, 5.41) is 39.8. The van der Waals surface area contributed by atoms with Gasteiger partial charge in [0.05, 0.1) is 6.61 Å². The second kappa shape index (κ2) is 38.2. The molecule has 0 spiro atoms. The standard InChI is InChI=1S/C47H88O11/c1-3-5-7-9-11-13-15-16-17-18-19-20-21-22-23-24-26-27-29-31-33-35-40(48)55-37-39(38-56-47-44(52)42(50)43(51)45(58-47)46(53)54)57-41(49)36-34-32-30-28-25-14-12-10-8-6-4-2/h39,42-45,47,50-52H,3-38H2,1-2H3,(H,53,54). The number of ether oxygens (including phenoxy) is 4. The minimum Gasteiger partial charge on any atom is -0.479 e. The maximum absolute atomic E-state index is 12.7. The van der Waals surface area contributed by atoms with Gasteiger partial charge in [-0.25, -0.2) is 4.79 Å². The van der Waals surface area contributed by atoms with Crippen LogP contribution in [0.5, 0.6) is 0 Å². The minimum atomic E-state index is -1.86. The molecule has 0 aliphatic carbocycles. The van der Waals surface area contributed by atoms with E-state index in [-0.39, 0.29) is 26.1 Å². The third-order valence-electron chi connectivity index (χ3n) is 11.5. The van der Waals surface area contributed by atoms with Crippen LogP contribution in [0.25, 0.3) is 0 Å². The van der Waals surface area contributed by atoms with Crippen LogP contribution in [-0.4, -0.2) is 88.4 Å². The summed E-state index contributed by atoms with van der Waals surface area (Å²) in [5.74, 6) is -2.42. The van der Waals surface area contributed by atoms with E-state index in [1.54, 1.807) is 0 Å². The lowest BCUT2D eigenvalue weighted by atomic mass is 9.99. The minimum absolute atomic E-state index is 0.190. The van der Waals surface area contributed by atoms with Gasteiger partial charge in [0.2, 0.25) is 0 Å². The van der Waals surface area contributed by atoms with Crippen LogP contribution in [0.15, 0.2) is 0 Å². The Morgan fingerprint density at radius 2 is 0.810 bits per heavy atom. The molecule has 1 fully saturated rings. The number of aliphatic hydroxyl groups excluding tert-OH is 3. The van der Waals surface area contributed by atoms with Gasteiger partial charge in [0, 0.05) is 12.8 Å². The number of carbonyl (C=O) groups is 3. The molecular weight excluding hydrogens is 741 g/mol. The quantitative estimate of drug-likeness (QED) is 0.0342. The zero-order chi connectivity index (χ0) is 42.5. The Labute approximate surface area is 353 Å². The number of rotatable bonds is 41. The van der Waals surface area contributed by atoms with Gasteiger partial charge >= 0.3 is 17.9 Å².